The van der Waals surface area contributed by atoms with Gasteiger partial charge in [0.1, 0.15) is 5.75 Å². The molecular weight excluding hydrogens is 224 g/mol. The molecule has 2 aliphatic rings. The van der Waals surface area contributed by atoms with Crippen LogP contribution in [0.25, 0.3) is 0 Å². The van der Waals surface area contributed by atoms with Crippen LogP contribution in [-0.4, -0.2) is 13.2 Å². The minimum atomic E-state index is -0.362. The molecule has 0 radical (unpaired) electrons. The van der Waals surface area contributed by atoms with Gasteiger partial charge in [-0.1, -0.05) is 13.0 Å². The molecule has 1 saturated carbocycles. The number of ether oxygens (including phenoxy) is 1. The van der Waals surface area contributed by atoms with Crippen molar-refractivity contribution in [3.8, 4) is 5.75 Å². The third kappa shape index (κ3) is 1.50. The summed E-state index contributed by atoms with van der Waals surface area (Å²) in [6.07, 6.45) is 3.21. The summed E-state index contributed by atoms with van der Waals surface area (Å²) in [4.78, 5) is 0. The van der Waals surface area contributed by atoms with Gasteiger partial charge in [-0.05, 0) is 54.4 Å². The fourth-order valence-corrected chi connectivity index (χ4v) is 3.77. The molecule has 0 aliphatic heterocycles. The highest BCUT2D eigenvalue weighted by Gasteiger charge is 2.49. The number of hydrogen-bond acceptors (Lipinski definition) is 3. The first-order valence-electron chi connectivity index (χ1n) is 6.78. The summed E-state index contributed by atoms with van der Waals surface area (Å²) in [6.45, 7) is 2.30. The van der Waals surface area contributed by atoms with Crippen molar-refractivity contribution in [2.45, 2.75) is 37.8 Å². The molecule has 0 aromatic heterocycles. The SMILES string of the molecule is COc1ccc2c(c1)[C@@]1(N)CCC(C)[C@H](C2)[C@H]1N. The summed E-state index contributed by atoms with van der Waals surface area (Å²) >= 11 is 0. The van der Waals surface area contributed by atoms with E-state index in [1.807, 2.05) is 6.07 Å². The summed E-state index contributed by atoms with van der Waals surface area (Å²) in [7, 11) is 1.69. The van der Waals surface area contributed by atoms with Crippen molar-refractivity contribution in [2.75, 3.05) is 7.11 Å². The lowest BCUT2D eigenvalue weighted by atomic mass is 9.58. The van der Waals surface area contributed by atoms with Gasteiger partial charge >= 0.3 is 0 Å². The zero-order chi connectivity index (χ0) is 12.9. The Morgan fingerprint density at radius 1 is 1.39 bits per heavy atom. The molecule has 1 aromatic rings. The molecule has 0 spiro atoms. The third-order valence-corrected chi connectivity index (χ3v) is 5.07. The normalized spacial score (nSPS) is 38.1. The van der Waals surface area contributed by atoms with Gasteiger partial charge in [0.2, 0.25) is 0 Å². The van der Waals surface area contributed by atoms with Gasteiger partial charge in [-0.15, -0.1) is 0 Å². The molecule has 4 atom stereocenters. The van der Waals surface area contributed by atoms with Gasteiger partial charge in [0.05, 0.1) is 12.6 Å². The highest BCUT2D eigenvalue weighted by Crippen LogP contribution is 2.47. The molecule has 18 heavy (non-hydrogen) atoms. The largest absolute Gasteiger partial charge is 0.497 e. The molecular formula is C15H22N2O. The first kappa shape index (κ1) is 12.0. The lowest BCUT2D eigenvalue weighted by Gasteiger charge is -2.51. The van der Waals surface area contributed by atoms with Crippen LogP contribution in [0.1, 0.15) is 30.9 Å². The van der Waals surface area contributed by atoms with Gasteiger partial charge in [-0.25, -0.2) is 0 Å². The maximum Gasteiger partial charge on any atom is 0.119 e. The van der Waals surface area contributed by atoms with E-state index in [0.29, 0.717) is 11.8 Å². The lowest BCUT2D eigenvalue weighted by molar-refractivity contribution is 0.111. The van der Waals surface area contributed by atoms with E-state index in [1.165, 1.54) is 17.5 Å². The number of hydrogen-bond donors (Lipinski definition) is 2. The third-order valence-electron chi connectivity index (χ3n) is 5.07. The highest BCUT2D eigenvalue weighted by molar-refractivity contribution is 5.44. The minimum absolute atomic E-state index is 0.0702. The number of rotatable bonds is 1. The van der Waals surface area contributed by atoms with Crippen LogP contribution in [0, 0.1) is 11.8 Å². The van der Waals surface area contributed by atoms with Crippen LogP contribution in [-0.2, 0) is 12.0 Å². The van der Waals surface area contributed by atoms with Crippen LogP contribution in [0.15, 0.2) is 18.2 Å². The molecule has 4 N–H and O–H groups in total. The van der Waals surface area contributed by atoms with Gasteiger partial charge in [0.15, 0.2) is 0 Å². The van der Waals surface area contributed by atoms with Gasteiger partial charge in [-0.2, -0.15) is 0 Å². The molecule has 0 saturated heterocycles. The highest BCUT2D eigenvalue weighted by atomic mass is 16.5. The minimum Gasteiger partial charge on any atom is -0.497 e. The second-order valence-corrected chi connectivity index (χ2v) is 5.97. The van der Waals surface area contributed by atoms with E-state index in [9.17, 15) is 0 Å². The van der Waals surface area contributed by atoms with Crippen molar-refractivity contribution in [2.24, 2.45) is 23.3 Å². The molecule has 3 rings (SSSR count). The Morgan fingerprint density at radius 2 is 2.17 bits per heavy atom. The van der Waals surface area contributed by atoms with Gasteiger partial charge in [0.25, 0.3) is 0 Å². The zero-order valence-electron chi connectivity index (χ0n) is 11.1. The second kappa shape index (κ2) is 3.97. The van der Waals surface area contributed by atoms with E-state index >= 15 is 0 Å². The summed E-state index contributed by atoms with van der Waals surface area (Å²) in [6, 6.07) is 6.34. The number of methoxy groups -OCH3 is 1. The Morgan fingerprint density at radius 3 is 2.89 bits per heavy atom. The molecule has 2 aliphatic carbocycles. The molecule has 3 nitrogen and oxygen atoms in total. The fraction of sp³-hybridized carbons (Fsp3) is 0.600. The monoisotopic (exact) mass is 246 g/mol. The molecule has 2 bridgehead atoms. The van der Waals surface area contributed by atoms with E-state index in [4.69, 9.17) is 16.2 Å². The van der Waals surface area contributed by atoms with Crippen LogP contribution >= 0.6 is 0 Å². The number of benzene rings is 1. The molecule has 1 aromatic carbocycles. The molecule has 3 heteroatoms. The number of nitrogens with two attached hydrogens (primary N) is 2. The first-order valence-corrected chi connectivity index (χ1v) is 6.78. The maximum atomic E-state index is 6.66. The molecule has 98 valence electrons. The molecule has 0 amide bonds. The number of fused-ring (bicyclic) bond motifs is 4. The van der Waals surface area contributed by atoms with Crippen molar-refractivity contribution in [3.63, 3.8) is 0 Å². The van der Waals surface area contributed by atoms with Crippen LogP contribution in [0.5, 0.6) is 5.75 Å². The quantitative estimate of drug-likeness (QED) is 0.794. The van der Waals surface area contributed by atoms with Gasteiger partial charge < -0.3 is 16.2 Å². The average molecular weight is 246 g/mol. The average Bonchev–Trinajstić information content (AvgIpc) is 2.38. The van der Waals surface area contributed by atoms with Gasteiger partial charge in [-0.3, -0.25) is 0 Å². The predicted octanol–water partition coefficient (Wildman–Crippen LogP) is 1.78. The van der Waals surface area contributed by atoms with E-state index < -0.39 is 0 Å². The van der Waals surface area contributed by atoms with Crippen molar-refractivity contribution >= 4 is 0 Å². The molecule has 1 unspecified atom stereocenters. The predicted molar refractivity (Wildman–Crippen MR) is 72.4 cm³/mol. The van der Waals surface area contributed by atoms with E-state index in [0.717, 1.165) is 18.6 Å². The Labute approximate surface area is 108 Å². The van der Waals surface area contributed by atoms with Crippen LogP contribution in [0.4, 0.5) is 0 Å². The standard InChI is InChI=1S/C15H22N2O/c1-9-5-6-15(17)13-8-11(18-2)4-3-10(13)7-12(9)14(15)16/h3-4,8-9,12,14H,5-7,16-17H2,1-2H3/t9?,12-,14+,15-/m0/s1. The molecule has 1 fully saturated rings. The summed E-state index contributed by atoms with van der Waals surface area (Å²) in [5.74, 6) is 2.07. The summed E-state index contributed by atoms with van der Waals surface area (Å²) < 4.78 is 5.32. The van der Waals surface area contributed by atoms with Crippen molar-refractivity contribution in [1.29, 1.82) is 0 Å². The zero-order valence-corrected chi connectivity index (χ0v) is 11.1. The lowest BCUT2D eigenvalue weighted by Crippen LogP contribution is -2.63. The van der Waals surface area contributed by atoms with Crippen LogP contribution in [0.2, 0.25) is 0 Å². The summed E-state index contributed by atoms with van der Waals surface area (Å²) in [5.41, 5.74) is 15.3. The van der Waals surface area contributed by atoms with Crippen LogP contribution in [0.3, 0.4) is 0 Å². The second-order valence-electron chi connectivity index (χ2n) is 5.97. The van der Waals surface area contributed by atoms with E-state index in [1.54, 1.807) is 7.11 Å². The molecule has 0 heterocycles. The fourth-order valence-electron chi connectivity index (χ4n) is 3.77. The van der Waals surface area contributed by atoms with E-state index in [-0.39, 0.29) is 11.6 Å². The summed E-state index contributed by atoms with van der Waals surface area (Å²) in [5, 5.41) is 0. The first-order chi connectivity index (χ1) is 8.56. The Kier molecular flexibility index (Phi) is 2.65. The van der Waals surface area contributed by atoms with E-state index in [2.05, 4.69) is 19.1 Å². The Hall–Kier alpha value is -1.06. The Bertz CT molecular complexity index is 474. The van der Waals surface area contributed by atoms with Crippen LogP contribution < -0.4 is 16.2 Å². The van der Waals surface area contributed by atoms with Crippen molar-refractivity contribution in [3.05, 3.63) is 29.3 Å². The smallest absolute Gasteiger partial charge is 0.119 e. The van der Waals surface area contributed by atoms with Gasteiger partial charge in [0, 0.05) is 6.04 Å². The van der Waals surface area contributed by atoms with Crippen molar-refractivity contribution < 1.29 is 4.74 Å². The van der Waals surface area contributed by atoms with Crippen molar-refractivity contribution in [1.82, 2.24) is 0 Å². The Balaban J connectivity index is 2.13. The maximum absolute atomic E-state index is 6.66. The topological polar surface area (TPSA) is 61.3 Å².